The van der Waals surface area contributed by atoms with Gasteiger partial charge in [0.25, 0.3) is 0 Å². The van der Waals surface area contributed by atoms with E-state index in [1.54, 1.807) is 0 Å². The number of hydrogen-bond donors (Lipinski definition) is 0. The molecule has 1 aromatic heterocycles. The van der Waals surface area contributed by atoms with E-state index in [9.17, 15) is 0 Å². The molecule has 2 aromatic rings. The fourth-order valence-electron chi connectivity index (χ4n) is 2.25. The molecule has 3 nitrogen and oxygen atoms in total. The zero-order valence-corrected chi connectivity index (χ0v) is 10.3. The molecule has 18 heavy (non-hydrogen) atoms. The van der Waals surface area contributed by atoms with Crippen LogP contribution >= 0.6 is 0 Å². The lowest BCUT2D eigenvalue weighted by Crippen LogP contribution is -2.01. The lowest BCUT2D eigenvalue weighted by atomic mass is 9.98. The minimum Gasteiger partial charge on any atom is -0.346 e. The highest BCUT2D eigenvalue weighted by atomic mass is 16.7. The Morgan fingerprint density at radius 1 is 1.00 bits per heavy atom. The van der Waals surface area contributed by atoms with E-state index in [1.165, 1.54) is 0 Å². The quantitative estimate of drug-likeness (QED) is 0.809. The predicted octanol–water partition coefficient (Wildman–Crippen LogP) is 3.10. The van der Waals surface area contributed by atoms with Gasteiger partial charge in [-0.1, -0.05) is 30.3 Å². The molecule has 1 aromatic carbocycles. The number of rotatable bonds is 2. The third-order valence-corrected chi connectivity index (χ3v) is 3.13. The largest absolute Gasteiger partial charge is 0.346 e. The van der Waals surface area contributed by atoms with Gasteiger partial charge >= 0.3 is 0 Å². The topological polar surface area (TPSA) is 31.4 Å². The van der Waals surface area contributed by atoms with Crippen molar-refractivity contribution in [2.24, 2.45) is 0 Å². The molecule has 0 bridgehead atoms. The number of pyridine rings is 1. The zero-order valence-electron chi connectivity index (χ0n) is 10.3. The van der Waals surface area contributed by atoms with Crippen LogP contribution < -0.4 is 0 Å². The molecule has 0 saturated carbocycles. The molecule has 1 aliphatic heterocycles. The minimum atomic E-state index is -0.249. The summed E-state index contributed by atoms with van der Waals surface area (Å²) in [6, 6.07) is 12.2. The molecule has 3 rings (SSSR count). The molecule has 0 spiro atoms. The summed E-state index contributed by atoms with van der Waals surface area (Å²) in [6.07, 6.45) is 1.56. The summed E-state index contributed by atoms with van der Waals surface area (Å²) in [6.45, 7) is 3.33. The fourth-order valence-corrected chi connectivity index (χ4v) is 2.25. The molecule has 0 aliphatic carbocycles. The lowest BCUT2D eigenvalue weighted by Gasteiger charge is -2.15. The van der Waals surface area contributed by atoms with Crippen LogP contribution in [0.3, 0.4) is 0 Å². The summed E-state index contributed by atoms with van der Waals surface area (Å²) in [5, 5.41) is 0. The highest BCUT2D eigenvalue weighted by Crippen LogP contribution is 2.33. The van der Waals surface area contributed by atoms with Crippen molar-refractivity contribution in [1.29, 1.82) is 0 Å². The molecule has 0 unspecified atom stereocenters. The molecule has 0 radical (unpaired) electrons. The van der Waals surface area contributed by atoms with Gasteiger partial charge in [0.15, 0.2) is 6.29 Å². The van der Waals surface area contributed by atoms with E-state index in [2.05, 4.69) is 23.2 Å². The minimum absolute atomic E-state index is 0.249. The summed E-state index contributed by atoms with van der Waals surface area (Å²) >= 11 is 0. The first-order valence-corrected chi connectivity index (χ1v) is 6.10. The molecule has 0 atom stereocenters. The summed E-state index contributed by atoms with van der Waals surface area (Å²) in [5.74, 6) is 0. The average Bonchev–Trinajstić information content (AvgIpc) is 2.93. The maximum atomic E-state index is 5.60. The maximum absolute atomic E-state index is 5.60. The number of aromatic nitrogens is 1. The first kappa shape index (κ1) is 11.4. The monoisotopic (exact) mass is 241 g/mol. The van der Waals surface area contributed by atoms with Gasteiger partial charge in [-0.2, -0.15) is 0 Å². The van der Waals surface area contributed by atoms with Crippen LogP contribution in [-0.2, 0) is 9.47 Å². The van der Waals surface area contributed by atoms with E-state index >= 15 is 0 Å². The SMILES string of the molecule is Cc1ncccc1-c1ccccc1C1OCCO1. The molecule has 1 saturated heterocycles. The Hall–Kier alpha value is -1.71. The highest BCUT2D eigenvalue weighted by Gasteiger charge is 2.21. The van der Waals surface area contributed by atoms with Crippen molar-refractivity contribution in [3.8, 4) is 11.1 Å². The van der Waals surface area contributed by atoms with Gasteiger partial charge in [-0.3, -0.25) is 4.98 Å². The van der Waals surface area contributed by atoms with Crippen molar-refractivity contribution in [1.82, 2.24) is 4.98 Å². The molecular weight excluding hydrogens is 226 g/mol. The van der Waals surface area contributed by atoms with E-state index in [0.29, 0.717) is 13.2 Å². The Morgan fingerprint density at radius 3 is 2.50 bits per heavy atom. The Morgan fingerprint density at radius 2 is 1.72 bits per heavy atom. The maximum Gasteiger partial charge on any atom is 0.184 e. The molecule has 1 aliphatic rings. The van der Waals surface area contributed by atoms with E-state index in [4.69, 9.17) is 9.47 Å². The van der Waals surface area contributed by atoms with Crippen LogP contribution in [-0.4, -0.2) is 18.2 Å². The van der Waals surface area contributed by atoms with Gasteiger partial charge < -0.3 is 9.47 Å². The van der Waals surface area contributed by atoms with Gasteiger partial charge in [-0.05, 0) is 18.6 Å². The highest BCUT2D eigenvalue weighted by molar-refractivity contribution is 5.69. The number of nitrogens with zero attached hydrogens (tertiary/aromatic N) is 1. The van der Waals surface area contributed by atoms with Crippen LogP contribution in [0.5, 0.6) is 0 Å². The van der Waals surface area contributed by atoms with Crippen molar-refractivity contribution >= 4 is 0 Å². The van der Waals surface area contributed by atoms with E-state index in [-0.39, 0.29) is 6.29 Å². The van der Waals surface area contributed by atoms with Crippen molar-refractivity contribution in [3.63, 3.8) is 0 Å². The molecule has 2 heterocycles. The lowest BCUT2D eigenvalue weighted by molar-refractivity contribution is -0.0436. The third-order valence-electron chi connectivity index (χ3n) is 3.13. The predicted molar refractivity (Wildman–Crippen MR) is 69.1 cm³/mol. The standard InChI is InChI=1S/C15H15NO2/c1-11-12(7-4-8-16-11)13-5-2-3-6-14(13)15-17-9-10-18-15/h2-8,15H,9-10H2,1H3. The van der Waals surface area contributed by atoms with Crippen molar-refractivity contribution in [2.45, 2.75) is 13.2 Å². The van der Waals surface area contributed by atoms with Crippen LogP contribution in [0.25, 0.3) is 11.1 Å². The van der Waals surface area contributed by atoms with Crippen molar-refractivity contribution in [3.05, 3.63) is 53.9 Å². The van der Waals surface area contributed by atoms with E-state index < -0.39 is 0 Å². The summed E-state index contributed by atoms with van der Waals surface area (Å²) in [5.41, 5.74) is 4.36. The first-order valence-electron chi connectivity index (χ1n) is 6.10. The fraction of sp³-hybridized carbons (Fsp3) is 0.267. The Balaban J connectivity index is 2.09. The van der Waals surface area contributed by atoms with E-state index in [0.717, 1.165) is 22.4 Å². The van der Waals surface area contributed by atoms with Gasteiger partial charge in [0.1, 0.15) is 0 Å². The molecule has 0 N–H and O–H groups in total. The Bertz CT molecular complexity index is 548. The first-order chi connectivity index (χ1) is 8.86. The molecule has 92 valence electrons. The van der Waals surface area contributed by atoms with Gasteiger partial charge in [0, 0.05) is 23.0 Å². The Kier molecular flexibility index (Phi) is 3.09. The second kappa shape index (κ2) is 4.88. The van der Waals surface area contributed by atoms with Crippen LogP contribution in [0, 0.1) is 6.92 Å². The second-order valence-electron chi connectivity index (χ2n) is 4.30. The smallest absolute Gasteiger partial charge is 0.184 e. The number of aryl methyl sites for hydroxylation is 1. The van der Waals surface area contributed by atoms with Gasteiger partial charge in [0.2, 0.25) is 0 Å². The van der Waals surface area contributed by atoms with Crippen LogP contribution in [0.2, 0.25) is 0 Å². The van der Waals surface area contributed by atoms with Gasteiger partial charge in [-0.25, -0.2) is 0 Å². The number of benzene rings is 1. The molecule has 3 heteroatoms. The van der Waals surface area contributed by atoms with Crippen LogP contribution in [0.1, 0.15) is 17.5 Å². The second-order valence-corrected chi connectivity index (χ2v) is 4.30. The summed E-state index contributed by atoms with van der Waals surface area (Å²) in [7, 11) is 0. The van der Waals surface area contributed by atoms with Crippen LogP contribution in [0.4, 0.5) is 0 Å². The van der Waals surface area contributed by atoms with E-state index in [1.807, 2.05) is 31.3 Å². The zero-order chi connectivity index (χ0) is 12.4. The van der Waals surface area contributed by atoms with Gasteiger partial charge in [0.05, 0.1) is 13.2 Å². The van der Waals surface area contributed by atoms with Crippen molar-refractivity contribution < 1.29 is 9.47 Å². The number of hydrogen-bond acceptors (Lipinski definition) is 3. The number of ether oxygens (including phenoxy) is 2. The normalized spacial score (nSPS) is 16.1. The van der Waals surface area contributed by atoms with Crippen LogP contribution in [0.15, 0.2) is 42.6 Å². The van der Waals surface area contributed by atoms with Gasteiger partial charge in [-0.15, -0.1) is 0 Å². The Labute approximate surface area is 106 Å². The molecule has 1 fully saturated rings. The molecule has 0 amide bonds. The third kappa shape index (κ3) is 2.03. The summed E-state index contributed by atoms with van der Waals surface area (Å²) < 4.78 is 11.2. The molecular formula is C15H15NO2. The van der Waals surface area contributed by atoms with Crippen molar-refractivity contribution in [2.75, 3.05) is 13.2 Å². The average molecular weight is 241 g/mol. The summed E-state index contributed by atoms with van der Waals surface area (Å²) in [4.78, 5) is 4.34.